The first-order valence-electron chi connectivity index (χ1n) is 6.50. The molecule has 1 fully saturated rings. The van der Waals surface area contributed by atoms with Crippen LogP contribution in [0.5, 0.6) is 0 Å². The Bertz CT molecular complexity index is 247. The van der Waals surface area contributed by atoms with Crippen LogP contribution in [-0.4, -0.2) is 61.0 Å². The van der Waals surface area contributed by atoms with Gasteiger partial charge in [0.2, 0.25) is 5.91 Å². The highest BCUT2D eigenvalue weighted by atomic mass is 16.2. The van der Waals surface area contributed by atoms with Gasteiger partial charge in [0, 0.05) is 38.8 Å². The molecule has 0 aromatic carbocycles. The molecule has 1 saturated heterocycles. The van der Waals surface area contributed by atoms with Crippen molar-refractivity contribution < 1.29 is 4.79 Å². The standard InChI is InChI=1S/C13H25N3O/c1-4-6-15-7-9-16(10-8-15)11-13(17)14-12(3)5-2/h4,12H,1,5-11H2,2-3H3,(H,14,17). The molecule has 0 spiro atoms. The molecule has 1 unspecified atom stereocenters. The molecule has 0 radical (unpaired) electrons. The SMILES string of the molecule is C=CCN1CCN(CC(=O)NC(C)CC)CC1. The third-order valence-corrected chi connectivity index (χ3v) is 3.24. The molecule has 0 bridgehead atoms. The minimum absolute atomic E-state index is 0.150. The number of hydrogen-bond acceptors (Lipinski definition) is 3. The Hall–Kier alpha value is -0.870. The summed E-state index contributed by atoms with van der Waals surface area (Å²) in [6.45, 7) is 13.4. The van der Waals surface area contributed by atoms with Crippen LogP contribution in [0.2, 0.25) is 0 Å². The highest BCUT2D eigenvalue weighted by Crippen LogP contribution is 2.01. The van der Waals surface area contributed by atoms with E-state index in [1.165, 1.54) is 0 Å². The summed E-state index contributed by atoms with van der Waals surface area (Å²) in [5, 5.41) is 3.00. The Morgan fingerprint density at radius 3 is 2.47 bits per heavy atom. The van der Waals surface area contributed by atoms with Gasteiger partial charge in [-0.3, -0.25) is 14.6 Å². The smallest absolute Gasteiger partial charge is 0.234 e. The van der Waals surface area contributed by atoms with E-state index in [2.05, 4.69) is 28.6 Å². The maximum atomic E-state index is 11.7. The lowest BCUT2D eigenvalue weighted by Crippen LogP contribution is -2.50. The zero-order valence-electron chi connectivity index (χ0n) is 11.1. The fraction of sp³-hybridized carbons (Fsp3) is 0.769. The van der Waals surface area contributed by atoms with Gasteiger partial charge in [-0.05, 0) is 13.3 Å². The van der Waals surface area contributed by atoms with Gasteiger partial charge in [-0.1, -0.05) is 13.0 Å². The largest absolute Gasteiger partial charge is 0.353 e. The second kappa shape index (κ2) is 7.45. The average Bonchev–Trinajstić information content (AvgIpc) is 2.31. The lowest BCUT2D eigenvalue weighted by molar-refractivity contribution is -0.123. The predicted molar refractivity (Wildman–Crippen MR) is 71.0 cm³/mol. The Morgan fingerprint density at radius 2 is 1.94 bits per heavy atom. The number of piperazine rings is 1. The van der Waals surface area contributed by atoms with Crippen LogP contribution in [0.15, 0.2) is 12.7 Å². The molecule has 98 valence electrons. The first-order valence-corrected chi connectivity index (χ1v) is 6.50. The number of amides is 1. The molecule has 17 heavy (non-hydrogen) atoms. The van der Waals surface area contributed by atoms with Crippen molar-refractivity contribution in [3.05, 3.63) is 12.7 Å². The van der Waals surface area contributed by atoms with Gasteiger partial charge in [0.25, 0.3) is 0 Å². The molecule has 1 atom stereocenters. The van der Waals surface area contributed by atoms with Gasteiger partial charge in [0.1, 0.15) is 0 Å². The summed E-state index contributed by atoms with van der Waals surface area (Å²) in [6.07, 6.45) is 2.92. The van der Waals surface area contributed by atoms with Gasteiger partial charge in [-0.15, -0.1) is 6.58 Å². The number of hydrogen-bond donors (Lipinski definition) is 1. The molecule has 0 aliphatic carbocycles. The Balaban J connectivity index is 2.21. The predicted octanol–water partition coefficient (Wildman–Crippen LogP) is 0.705. The van der Waals surface area contributed by atoms with Crippen molar-refractivity contribution in [1.82, 2.24) is 15.1 Å². The number of nitrogens with zero attached hydrogens (tertiary/aromatic N) is 2. The second-order valence-electron chi connectivity index (χ2n) is 4.74. The van der Waals surface area contributed by atoms with Crippen LogP contribution in [0.4, 0.5) is 0 Å². The summed E-state index contributed by atoms with van der Waals surface area (Å²) in [5.74, 6) is 0.150. The van der Waals surface area contributed by atoms with Crippen LogP contribution < -0.4 is 5.32 Å². The maximum Gasteiger partial charge on any atom is 0.234 e. The van der Waals surface area contributed by atoms with Gasteiger partial charge in [-0.2, -0.15) is 0 Å². The second-order valence-corrected chi connectivity index (χ2v) is 4.74. The van der Waals surface area contributed by atoms with E-state index < -0.39 is 0 Å². The van der Waals surface area contributed by atoms with Crippen molar-refractivity contribution in [3.63, 3.8) is 0 Å². The lowest BCUT2D eigenvalue weighted by atomic mass is 10.2. The number of nitrogens with one attached hydrogen (secondary N) is 1. The van der Waals surface area contributed by atoms with Crippen LogP contribution in [-0.2, 0) is 4.79 Å². The summed E-state index contributed by atoms with van der Waals surface area (Å²) < 4.78 is 0. The Kier molecular flexibility index (Phi) is 6.22. The normalized spacial score (nSPS) is 19.9. The van der Waals surface area contributed by atoms with Gasteiger partial charge in [0.15, 0.2) is 0 Å². The van der Waals surface area contributed by atoms with E-state index in [1.54, 1.807) is 0 Å². The molecule has 1 amide bonds. The van der Waals surface area contributed by atoms with Crippen LogP contribution >= 0.6 is 0 Å². The first kappa shape index (κ1) is 14.2. The molecule has 0 aromatic rings. The highest BCUT2D eigenvalue weighted by Gasteiger charge is 2.18. The van der Waals surface area contributed by atoms with Crippen molar-refractivity contribution in [1.29, 1.82) is 0 Å². The first-order chi connectivity index (χ1) is 8.15. The summed E-state index contributed by atoms with van der Waals surface area (Å²) >= 11 is 0. The summed E-state index contributed by atoms with van der Waals surface area (Å²) in [4.78, 5) is 16.3. The van der Waals surface area contributed by atoms with E-state index in [0.717, 1.165) is 39.1 Å². The van der Waals surface area contributed by atoms with Crippen molar-refractivity contribution in [2.75, 3.05) is 39.3 Å². The molecule has 1 rings (SSSR count). The molecule has 0 saturated carbocycles. The van der Waals surface area contributed by atoms with E-state index >= 15 is 0 Å². The molecule has 4 heteroatoms. The van der Waals surface area contributed by atoms with Crippen molar-refractivity contribution in [3.8, 4) is 0 Å². The third-order valence-electron chi connectivity index (χ3n) is 3.24. The zero-order valence-corrected chi connectivity index (χ0v) is 11.1. The highest BCUT2D eigenvalue weighted by molar-refractivity contribution is 5.78. The van der Waals surface area contributed by atoms with E-state index in [0.29, 0.717) is 6.54 Å². The summed E-state index contributed by atoms with van der Waals surface area (Å²) in [7, 11) is 0. The molecule has 4 nitrogen and oxygen atoms in total. The van der Waals surface area contributed by atoms with E-state index in [9.17, 15) is 4.79 Å². The molecule has 1 aliphatic heterocycles. The number of carbonyl (C=O) groups is 1. The minimum atomic E-state index is 0.150. The number of carbonyl (C=O) groups excluding carboxylic acids is 1. The molecule has 1 N–H and O–H groups in total. The van der Waals surface area contributed by atoms with Gasteiger partial charge in [-0.25, -0.2) is 0 Å². The minimum Gasteiger partial charge on any atom is -0.353 e. The quantitative estimate of drug-likeness (QED) is 0.693. The molecular weight excluding hydrogens is 214 g/mol. The fourth-order valence-electron chi connectivity index (χ4n) is 1.94. The maximum absolute atomic E-state index is 11.7. The van der Waals surface area contributed by atoms with Gasteiger partial charge >= 0.3 is 0 Å². The average molecular weight is 239 g/mol. The summed E-state index contributed by atoms with van der Waals surface area (Å²) in [5.41, 5.74) is 0. The molecule has 1 aliphatic rings. The summed E-state index contributed by atoms with van der Waals surface area (Å²) in [6, 6.07) is 0.282. The Morgan fingerprint density at radius 1 is 1.35 bits per heavy atom. The van der Waals surface area contributed by atoms with E-state index in [4.69, 9.17) is 0 Å². The van der Waals surface area contributed by atoms with E-state index in [-0.39, 0.29) is 11.9 Å². The van der Waals surface area contributed by atoms with Crippen molar-refractivity contribution >= 4 is 5.91 Å². The number of rotatable bonds is 6. The van der Waals surface area contributed by atoms with Crippen molar-refractivity contribution in [2.24, 2.45) is 0 Å². The van der Waals surface area contributed by atoms with Crippen LogP contribution in [0, 0.1) is 0 Å². The molecular formula is C13H25N3O. The molecule has 0 aromatic heterocycles. The third kappa shape index (κ3) is 5.33. The van der Waals surface area contributed by atoms with Crippen LogP contribution in [0.3, 0.4) is 0 Å². The van der Waals surface area contributed by atoms with Crippen LogP contribution in [0.25, 0.3) is 0 Å². The fourth-order valence-corrected chi connectivity index (χ4v) is 1.94. The van der Waals surface area contributed by atoms with Crippen LogP contribution in [0.1, 0.15) is 20.3 Å². The van der Waals surface area contributed by atoms with Gasteiger partial charge < -0.3 is 5.32 Å². The topological polar surface area (TPSA) is 35.6 Å². The van der Waals surface area contributed by atoms with Gasteiger partial charge in [0.05, 0.1) is 6.54 Å². The molecule has 1 heterocycles. The monoisotopic (exact) mass is 239 g/mol. The lowest BCUT2D eigenvalue weighted by Gasteiger charge is -2.33. The Labute approximate surface area is 105 Å². The van der Waals surface area contributed by atoms with Crippen molar-refractivity contribution in [2.45, 2.75) is 26.3 Å². The zero-order chi connectivity index (χ0) is 12.7. The van der Waals surface area contributed by atoms with E-state index in [1.807, 2.05) is 13.0 Å².